The molecular formula is C18H18N4. The SMILES string of the molecule is N#Cc1ccccc1CNCCNCc1ccccc1C#N. The molecule has 0 amide bonds. The van der Waals surface area contributed by atoms with Crippen molar-refractivity contribution in [1.29, 1.82) is 10.5 Å². The van der Waals surface area contributed by atoms with Crippen LogP contribution in [0, 0.1) is 22.7 Å². The van der Waals surface area contributed by atoms with Crippen molar-refractivity contribution in [2.45, 2.75) is 13.1 Å². The third kappa shape index (κ3) is 4.43. The lowest BCUT2D eigenvalue weighted by Crippen LogP contribution is -2.27. The summed E-state index contributed by atoms with van der Waals surface area (Å²) in [7, 11) is 0. The highest BCUT2D eigenvalue weighted by molar-refractivity contribution is 5.37. The van der Waals surface area contributed by atoms with Gasteiger partial charge in [0.15, 0.2) is 0 Å². The summed E-state index contributed by atoms with van der Waals surface area (Å²) in [6.07, 6.45) is 0. The van der Waals surface area contributed by atoms with Crippen LogP contribution in [0.3, 0.4) is 0 Å². The number of rotatable bonds is 7. The Hall–Kier alpha value is -2.66. The number of nitrogens with one attached hydrogen (secondary N) is 2. The summed E-state index contributed by atoms with van der Waals surface area (Å²) in [4.78, 5) is 0. The van der Waals surface area contributed by atoms with Gasteiger partial charge in [0.05, 0.1) is 23.3 Å². The molecule has 0 saturated carbocycles. The Morgan fingerprint density at radius 3 is 1.50 bits per heavy atom. The van der Waals surface area contributed by atoms with Crippen LogP contribution in [-0.2, 0) is 13.1 Å². The smallest absolute Gasteiger partial charge is 0.0995 e. The second-order valence-corrected chi connectivity index (χ2v) is 4.89. The van der Waals surface area contributed by atoms with Gasteiger partial charge in [0.1, 0.15) is 0 Å². The molecule has 0 atom stereocenters. The molecule has 0 aliphatic carbocycles. The highest BCUT2D eigenvalue weighted by Gasteiger charge is 2.01. The largest absolute Gasteiger partial charge is 0.311 e. The predicted molar refractivity (Wildman–Crippen MR) is 85.7 cm³/mol. The number of nitriles is 2. The first kappa shape index (κ1) is 15.7. The summed E-state index contributed by atoms with van der Waals surface area (Å²) in [5.74, 6) is 0. The second-order valence-electron chi connectivity index (χ2n) is 4.89. The van der Waals surface area contributed by atoms with Crippen molar-refractivity contribution < 1.29 is 0 Å². The molecule has 0 spiro atoms. The van der Waals surface area contributed by atoms with Crippen LogP contribution in [0.1, 0.15) is 22.3 Å². The number of hydrogen-bond acceptors (Lipinski definition) is 4. The van der Waals surface area contributed by atoms with Crippen LogP contribution >= 0.6 is 0 Å². The van der Waals surface area contributed by atoms with E-state index in [1.165, 1.54) is 0 Å². The molecule has 0 unspecified atom stereocenters. The van der Waals surface area contributed by atoms with E-state index in [-0.39, 0.29) is 0 Å². The van der Waals surface area contributed by atoms with Gasteiger partial charge in [-0.2, -0.15) is 10.5 Å². The maximum atomic E-state index is 9.02. The molecule has 0 saturated heterocycles. The molecular weight excluding hydrogens is 272 g/mol. The monoisotopic (exact) mass is 290 g/mol. The topological polar surface area (TPSA) is 71.6 Å². The van der Waals surface area contributed by atoms with Crippen molar-refractivity contribution in [1.82, 2.24) is 10.6 Å². The molecule has 2 N–H and O–H groups in total. The van der Waals surface area contributed by atoms with E-state index in [1.54, 1.807) is 0 Å². The molecule has 0 aromatic heterocycles. The molecule has 0 aliphatic rings. The molecule has 110 valence electrons. The average Bonchev–Trinajstić information content (AvgIpc) is 2.58. The fraction of sp³-hybridized carbons (Fsp3) is 0.222. The van der Waals surface area contributed by atoms with Crippen LogP contribution in [0.25, 0.3) is 0 Å². The minimum atomic E-state index is 0.681. The van der Waals surface area contributed by atoms with Crippen molar-refractivity contribution in [2.75, 3.05) is 13.1 Å². The summed E-state index contributed by atoms with van der Waals surface area (Å²) in [6, 6.07) is 19.6. The van der Waals surface area contributed by atoms with Gasteiger partial charge in [-0.15, -0.1) is 0 Å². The van der Waals surface area contributed by atoms with E-state index in [1.807, 2.05) is 48.5 Å². The van der Waals surface area contributed by atoms with Gasteiger partial charge < -0.3 is 10.6 Å². The summed E-state index contributed by atoms with van der Waals surface area (Å²) >= 11 is 0. The van der Waals surface area contributed by atoms with Gasteiger partial charge in [-0.1, -0.05) is 36.4 Å². The van der Waals surface area contributed by atoms with Gasteiger partial charge in [0.25, 0.3) is 0 Å². The Labute approximate surface area is 131 Å². The second kappa shape index (κ2) is 8.59. The van der Waals surface area contributed by atoms with Gasteiger partial charge in [0.2, 0.25) is 0 Å². The highest BCUT2D eigenvalue weighted by atomic mass is 14.9. The maximum Gasteiger partial charge on any atom is 0.0995 e. The Kier molecular flexibility index (Phi) is 6.14. The van der Waals surface area contributed by atoms with Crippen molar-refractivity contribution in [3.05, 3.63) is 70.8 Å². The first-order valence-electron chi connectivity index (χ1n) is 7.22. The van der Waals surface area contributed by atoms with Gasteiger partial charge in [0, 0.05) is 26.2 Å². The summed E-state index contributed by atoms with van der Waals surface area (Å²) in [6.45, 7) is 2.96. The molecule has 0 heterocycles. The molecule has 4 nitrogen and oxygen atoms in total. The van der Waals surface area contributed by atoms with Crippen molar-refractivity contribution in [3.63, 3.8) is 0 Å². The normalized spacial score (nSPS) is 9.91. The first-order chi connectivity index (χ1) is 10.8. The van der Waals surface area contributed by atoms with Crippen LogP contribution in [0.15, 0.2) is 48.5 Å². The zero-order valence-corrected chi connectivity index (χ0v) is 12.3. The number of nitrogens with zero attached hydrogens (tertiary/aromatic N) is 2. The molecule has 2 aromatic carbocycles. The molecule has 0 bridgehead atoms. The lowest BCUT2D eigenvalue weighted by molar-refractivity contribution is 0.610. The lowest BCUT2D eigenvalue weighted by Gasteiger charge is -2.08. The number of benzene rings is 2. The lowest BCUT2D eigenvalue weighted by atomic mass is 10.1. The van der Waals surface area contributed by atoms with Gasteiger partial charge >= 0.3 is 0 Å². The van der Waals surface area contributed by atoms with E-state index >= 15 is 0 Å². The minimum Gasteiger partial charge on any atom is -0.311 e. The highest BCUT2D eigenvalue weighted by Crippen LogP contribution is 2.07. The van der Waals surface area contributed by atoms with Crippen LogP contribution in [0.2, 0.25) is 0 Å². The van der Waals surface area contributed by atoms with Crippen molar-refractivity contribution in [2.24, 2.45) is 0 Å². The average molecular weight is 290 g/mol. The van der Waals surface area contributed by atoms with E-state index < -0.39 is 0 Å². The Balaban J connectivity index is 1.70. The molecule has 0 aliphatic heterocycles. The van der Waals surface area contributed by atoms with E-state index in [9.17, 15) is 0 Å². The Bertz CT molecular complexity index is 633. The fourth-order valence-corrected chi connectivity index (χ4v) is 2.19. The van der Waals surface area contributed by atoms with Crippen molar-refractivity contribution >= 4 is 0 Å². The van der Waals surface area contributed by atoms with Crippen LogP contribution < -0.4 is 10.6 Å². The van der Waals surface area contributed by atoms with Crippen LogP contribution in [-0.4, -0.2) is 13.1 Å². The van der Waals surface area contributed by atoms with Gasteiger partial charge in [-0.25, -0.2) is 0 Å². The van der Waals surface area contributed by atoms with Gasteiger partial charge in [-0.05, 0) is 23.3 Å². The third-order valence-electron chi connectivity index (χ3n) is 3.39. The van der Waals surface area contributed by atoms with E-state index in [0.29, 0.717) is 24.2 Å². The van der Waals surface area contributed by atoms with E-state index in [2.05, 4.69) is 22.8 Å². The minimum absolute atomic E-state index is 0.681. The van der Waals surface area contributed by atoms with Crippen LogP contribution in [0.4, 0.5) is 0 Å². The van der Waals surface area contributed by atoms with Gasteiger partial charge in [-0.3, -0.25) is 0 Å². The third-order valence-corrected chi connectivity index (χ3v) is 3.39. The Morgan fingerprint density at radius 1 is 0.682 bits per heavy atom. The molecule has 2 rings (SSSR count). The Morgan fingerprint density at radius 2 is 1.09 bits per heavy atom. The zero-order valence-electron chi connectivity index (χ0n) is 12.3. The first-order valence-corrected chi connectivity index (χ1v) is 7.22. The van der Waals surface area contributed by atoms with E-state index in [4.69, 9.17) is 10.5 Å². The van der Waals surface area contributed by atoms with E-state index in [0.717, 1.165) is 24.2 Å². The van der Waals surface area contributed by atoms with Crippen molar-refractivity contribution in [3.8, 4) is 12.1 Å². The fourth-order valence-electron chi connectivity index (χ4n) is 2.19. The molecule has 2 aromatic rings. The molecule has 0 fully saturated rings. The standard InChI is InChI=1S/C18H18N4/c19-11-15-5-1-3-7-17(15)13-21-9-10-22-14-18-8-4-2-6-16(18)12-20/h1-8,21-22H,9-10,13-14H2. The number of hydrogen-bond donors (Lipinski definition) is 2. The summed E-state index contributed by atoms with van der Waals surface area (Å²) < 4.78 is 0. The quantitative estimate of drug-likeness (QED) is 0.768. The predicted octanol–water partition coefficient (Wildman–Crippen LogP) is 2.31. The molecule has 0 radical (unpaired) electrons. The zero-order chi connectivity index (χ0) is 15.6. The maximum absolute atomic E-state index is 9.02. The summed E-state index contributed by atoms with van der Waals surface area (Å²) in [5.41, 5.74) is 3.46. The molecule has 22 heavy (non-hydrogen) atoms. The summed E-state index contributed by atoms with van der Waals surface area (Å²) in [5, 5.41) is 24.7. The molecule has 4 heteroatoms. The van der Waals surface area contributed by atoms with Crippen LogP contribution in [0.5, 0.6) is 0 Å².